The van der Waals surface area contributed by atoms with E-state index in [1.54, 1.807) is 31.3 Å². The summed E-state index contributed by atoms with van der Waals surface area (Å²) >= 11 is 8.76. The lowest BCUT2D eigenvalue weighted by molar-refractivity contribution is 0.0987. The second-order valence-electron chi connectivity index (χ2n) is 6.23. The van der Waals surface area contributed by atoms with E-state index in [1.807, 2.05) is 12.1 Å². The molecule has 3 aromatic rings. The molecule has 0 aliphatic carbocycles. The SMILES string of the molecule is CCN(CC)CCN(C(=O)c1ccc(Cl)s1)c1nc2c(OC)ccc(OC)c2s1. The summed E-state index contributed by atoms with van der Waals surface area (Å²) < 4.78 is 12.4. The third-order valence-corrected chi connectivity index (χ3v) is 7.01. The quantitative estimate of drug-likeness (QED) is 0.455. The number of benzene rings is 1. The number of hydrogen-bond acceptors (Lipinski definition) is 7. The summed E-state index contributed by atoms with van der Waals surface area (Å²) in [7, 11) is 3.23. The topological polar surface area (TPSA) is 54.9 Å². The summed E-state index contributed by atoms with van der Waals surface area (Å²) in [6.07, 6.45) is 0. The molecule has 0 aliphatic rings. The molecule has 0 aliphatic heterocycles. The molecule has 0 fully saturated rings. The van der Waals surface area contributed by atoms with E-state index in [-0.39, 0.29) is 5.91 Å². The molecule has 3 rings (SSSR count). The summed E-state index contributed by atoms with van der Waals surface area (Å²) in [6, 6.07) is 7.18. The fourth-order valence-electron chi connectivity index (χ4n) is 3.02. The van der Waals surface area contributed by atoms with Crippen molar-refractivity contribution in [3.05, 3.63) is 33.5 Å². The van der Waals surface area contributed by atoms with E-state index in [9.17, 15) is 4.79 Å². The van der Waals surface area contributed by atoms with Gasteiger partial charge in [-0.3, -0.25) is 9.69 Å². The summed E-state index contributed by atoms with van der Waals surface area (Å²) in [5, 5.41) is 0.615. The Morgan fingerprint density at radius 2 is 1.72 bits per heavy atom. The molecule has 0 spiro atoms. The zero-order valence-corrected chi connectivity index (χ0v) is 19.3. The first-order chi connectivity index (χ1) is 14.0. The van der Waals surface area contributed by atoms with Crippen molar-refractivity contribution in [1.82, 2.24) is 9.88 Å². The Balaban J connectivity index is 2.03. The number of nitrogens with zero attached hydrogens (tertiary/aromatic N) is 3. The van der Waals surface area contributed by atoms with Crippen LogP contribution in [-0.2, 0) is 0 Å². The number of likely N-dealkylation sites (N-methyl/N-ethyl adjacent to an activating group) is 1. The van der Waals surface area contributed by atoms with Gasteiger partial charge in [-0.2, -0.15) is 0 Å². The first kappa shape index (κ1) is 21.8. The molecule has 6 nitrogen and oxygen atoms in total. The highest BCUT2D eigenvalue weighted by Gasteiger charge is 2.25. The van der Waals surface area contributed by atoms with Gasteiger partial charge in [-0.05, 0) is 37.4 Å². The van der Waals surface area contributed by atoms with Crippen LogP contribution in [0.15, 0.2) is 24.3 Å². The zero-order valence-electron chi connectivity index (χ0n) is 16.9. The van der Waals surface area contributed by atoms with Crippen molar-refractivity contribution in [1.29, 1.82) is 0 Å². The monoisotopic (exact) mass is 453 g/mol. The molecule has 0 unspecified atom stereocenters. The molecule has 0 bridgehead atoms. The maximum atomic E-state index is 13.3. The largest absolute Gasteiger partial charge is 0.495 e. The first-order valence-electron chi connectivity index (χ1n) is 9.33. The van der Waals surface area contributed by atoms with Crippen LogP contribution in [0.3, 0.4) is 0 Å². The molecule has 9 heteroatoms. The van der Waals surface area contributed by atoms with Crippen molar-refractivity contribution < 1.29 is 14.3 Å². The average Bonchev–Trinajstić information content (AvgIpc) is 3.36. The Kier molecular flexibility index (Phi) is 7.34. The van der Waals surface area contributed by atoms with Gasteiger partial charge in [0, 0.05) is 13.1 Å². The average molecular weight is 454 g/mol. The van der Waals surface area contributed by atoms with Gasteiger partial charge >= 0.3 is 0 Å². The van der Waals surface area contributed by atoms with Crippen molar-refractivity contribution in [2.45, 2.75) is 13.8 Å². The van der Waals surface area contributed by atoms with E-state index in [4.69, 9.17) is 26.1 Å². The van der Waals surface area contributed by atoms with E-state index in [0.717, 1.165) is 24.3 Å². The predicted molar refractivity (Wildman–Crippen MR) is 122 cm³/mol. The Hall–Kier alpha value is -1.87. The van der Waals surface area contributed by atoms with Crippen molar-refractivity contribution >= 4 is 55.5 Å². The highest BCUT2D eigenvalue weighted by Crippen LogP contribution is 2.40. The highest BCUT2D eigenvalue weighted by molar-refractivity contribution is 7.23. The molecule has 2 heterocycles. The third kappa shape index (κ3) is 4.66. The number of rotatable bonds is 9. The van der Waals surface area contributed by atoms with Gasteiger partial charge in [0.05, 0.1) is 23.4 Å². The number of ether oxygens (including phenoxy) is 2. The summed E-state index contributed by atoms with van der Waals surface area (Å²) in [6.45, 7) is 7.35. The van der Waals surface area contributed by atoms with Crippen LogP contribution in [-0.4, -0.2) is 56.2 Å². The second kappa shape index (κ2) is 9.75. The number of methoxy groups -OCH3 is 2. The minimum absolute atomic E-state index is 0.106. The summed E-state index contributed by atoms with van der Waals surface area (Å²) in [4.78, 5) is 22.6. The summed E-state index contributed by atoms with van der Waals surface area (Å²) in [5.41, 5.74) is 0.691. The molecule has 0 radical (unpaired) electrons. The smallest absolute Gasteiger partial charge is 0.270 e. The number of aromatic nitrogens is 1. The van der Waals surface area contributed by atoms with Gasteiger partial charge in [-0.25, -0.2) is 4.98 Å². The third-order valence-electron chi connectivity index (χ3n) is 4.69. The van der Waals surface area contributed by atoms with Crippen LogP contribution in [0, 0.1) is 0 Å². The Bertz CT molecular complexity index is 944. The number of hydrogen-bond donors (Lipinski definition) is 0. The maximum absolute atomic E-state index is 13.3. The van der Waals surface area contributed by atoms with Crippen LogP contribution in [0.4, 0.5) is 5.13 Å². The standard InChI is InChI=1S/C20H24ClN3O3S2/c1-5-23(6-2)11-12-24(19(25)15-9-10-16(21)28-15)20-22-17-13(26-3)7-8-14(27-4)18(17)29-20/h7-10H,5-6,11-12H2,1-4H3. The number of anilines is 1. The van der Waals surface area contributed by atoms with Crippen LogP contribution >= 0.6 is 34.3 Å². The zero-order chi connectivity index (χ0) is 21.0. The number of fused-ring (bicyclic) bond motifs is 1. The molecule has 1 aromatic carbocycles. The van der Waals surface area contributed by atoms with Crippen molar-refractivity contribution in [3.8, 4) is 11.5 Å². The number of thiazole rings is 1. The van der Waals surface area contributed by atoms with Crippen LogP contribution in [0.1, 0.15) is 23.5 Å². The van der Waals surface area contributed by atoms with Crippen molar-refractivity contribution in [2.24, 2.45) is 0 Å². The van der Waals surface area contributed by atoms with Gasteiger partial charge in [-0.1, -0.05) is 36.8 Å². The first-order valence-corrected chi connectivity index (χ1v) is 11.3. The van der Waals surface area contributed by atoms with Gasteiger partial charge < -0.3 is 14.4 Å². The Labute approximate surface area is 183 Å². The normalized spacial score (nSPS) is 11.2. The van der Waals surface area contributed by atoms with E-state index in [1.165, 1.54) is 22.7 Å². The highest BCUT2D eigenvalue weighted by atomic mass is 35.5. The van der Waals surface area contributed by atoms with Gasteiger partial charge in [-0.15, -0.1) is 11.3 Å². The minimum Gasteiger partial charge on any atom is -0.495 e. The van der Waals surface area contributed by atoms with E-state index >= 15 is 0 Å². The van der Waals surface area contributed by atoms with Crippen molar-refractivity contribution in [2.75, 3.05) is 45.3 Å². The van der Waals surface area contributed by atoms with Crippen LogP contribution in [0.25, 0.3) is 10.2 Å². The molecular formula is C20H24ClN3O3S2. The Morgan fingerprint density at radius 3 is 2.31 bits per heavy atom. The second-order valence-corrected chi connectivity index (χ2v) is 8.92. The fourth-order valence-corrected chi connectivity index (χ4v) is 5.11. The van der Waals surface area contributed by atoms with Crippen LogP contribution < -0.4 is 14.4 Å². The molecule has 156 valence electrons. The lowest BCUT2D eigenvalue weighted by atomic mass is 10.3. The van der Waals surface area contributed by atoms with Crippen molar-refractivity contribution in [3.63, 3.8) is 0 Å². The molecule has 1 amide bonds. The molecule has 2 aromatic heterocycles. The summed E-state index contributed by atoms with van der Waals surface area (Å²) in [5.74, 6) is 1.25. The molecule has 29 heavy (non-hydrogen) atoms. The fraction of sp³-hybridized carbons (Fsp3) is 0.400. The maximum Gasteiger partial charge on any atom is 0.270 e. The molecule has 0 N–H and O–H groups in total. The minimum atomic E-state index is -0.106. The van der Waals surface area contributed by atoms with Crippen LogP contribution in [0.5, 0.6) is 11.5 Å². The number of carbonyl (C=O) groups excluding carboxylic acids is 1. The number of amides is 1. The molecular weight excluding hydrogens is 430 g/mol. The lowest BCUT2D eigenvalue weighted by Crippen LogP contribution is -2.38. The van der Waals surface area contributed by atoms with Gasteiger partial charge in [0.25, 0.3) is 5.91 Å². The predicted octanol–water partition coefficient (Wildman–Crippen LogP) is 5.02. The van der Waals surface area contributed by atoms with E-state index in [0.29, 0.717) is 37.9 Å². The lowest BCUT2D eigenvalue weighted by Gasteiger charge is -2.24. The molecule has 0 saturated heterocycles. The molecule has 0 atom stereocenters. The number of carbonyl (C=O) groups is 1. The van der Waals surface area contributed by atoms with E-state index in [2.05, 4.69) is 18.7 Å². The van der Waals surface area contributed by atoms with Gasteiger partial charge in [0.2, 0.25) is 0 Å². The van der Waals surface area contributed by atoms with Crippen LogP contribution in [0.2, 0.25) is 4.34 Å². The number of thiophene rings is 1. The molecule has 0 saturated carbocycles. The van der Waals surface area contributed by atoms with Gasteiger partial charge in [0.1, 0.15) is 21.7 Å². The van der Waals surface area contributed by atoms with Gasteiger partial charge in [0.15, 0.2) is 5.13 Å². The Morgan fingerprint density at radius 1 is 1.03 bits per heavy atom. The van der Waals surface area contributed by atoms with E-state index < -0.39 is 0 Å². The number of halogens is 1.